The van der Waals surface area contributed by atoms with E-state index in [2.05, 4.69) is 4.74 Å². The van der Waals surface area contributed by atoms with Gasteiger partial charge in [0.15, 0.2) is 11.5 Å². The highest BCUT2D eigenvalue weighted by atomic mass is 19.3. The van der Waals surface area contributed by atoms with Crippen LogP contribution in [-0.4, -0.2) is 17.3 Å². The van der Waals surface area contributed by atoms with Crippen molar-refractivity contribution in [3.63, 3.8) is 0 Å². The molecule has 82 valence electrons. The van der Waals surface area contributed by atoms with Crippen LogP contribution in [0.1, 0.15) is 17.3 Å². The quantitative estimate of drug-likeness (QED) is 0.796. The minimum Gasteiger partial charge on any atom is -0.504 e. The van der Waals surface area contributed by atoms with E-state index < -0.39 is 29.2 Å². The number of halogens is 3. The summed E-state index contributed by atoms with van der Waals surface area (Å²) in [6.45, 7) is 0.487. The summed E-state index contributed by atoms with van der Waals surface area (Å²) in [6, 6.07) is 0.770. The molecule has 0 amide bonds. The minimum absolute atomic E-state index is 0.431. The van der Waals surface area contributed by atoms with E-state index in [9.17, 15) is 18.0 Å². The molecule has 3 nitrogen and oxygen atoms in total. The Labute approximate surface area is 83.1 Å². The summed E-state index contributed by atoms with van der Waals surface area (Å²) in [4.78, 5) is 10.2. The summed E-state index contributed by atoms with van der Waals surface area (Å²) < 4.78 is 40.9. The maximum atomic E-state index is 12.4. The molecule has 0 atom stereocenters. The summed E-state index contributed by atoms with van der Waals surface area (Å²) in [6.07, 6.45) is -3.46. The van der Waals surface area contributed by atoms with Gasteiger partial charge in [0.25, 0.3) is 0 Å². The number of phenolic OH excluding ortho intramolecular Hbond substituents is 1. The number of phenols is 1. The summed E-state index contributed by atoms with van der Waals surface area (Å²) in [5.74, 6) is -1.24. The summed E-state index contributed by atoms with van der Waals surface area (Å²) in [5.41, 5.74) is -0.431. The van der Waals surface area contributed by atoms with Gasteiger partial charge in [0, 0.05) is 6.92 Å². The van der Waals surface area contributed by atoms with Gasteiger partial charge >= 0.3 is 12.1 Å². The van der Waals surface area contributed by atoms with Crippen molar-refractivity contribution in [1.29, 1.82) is 0 Å². The molecule has 0 saturated carbocycles. The van der Waals surface area contributed by atoms with Gasteiger partial charge in [0.1, 0.15) is 0 Å². The van der Waals surface area contributed by atoms with E-state index in [0.717, 1.165) is 12.1 Å². The molecule has 0 unspecified atom stereocenters. The molecule has 0 aliphatic carbocycles. The number of carbonyl (C=O) groups excluding carboxylic acids is 1. The maximum Gasteiger partial charge on any atom is 0.395 e. The van der Waals surface area contributed by atoms with Crippen LogP contribution in [-0.2, 0) is 0 Å². The molecule has 1 rings (SSSR count). The smallest absolute Gasteiger partial charge is 0.395 e. The fourth-order valence-corrected chi connectivity index (χ4v) is 0.919. The number of aromatic hydroxyl groups is 1. The van der Waals surface area contributed by atoms with Crippen LogP contribution >= 0.6 is 0 Å². The Morgan fingerprint density at radius 1 is 1.47 bits per heavy atom. The zero-order valence-corrected chi connectivity index (χ0v) is 7.63. The average molecular weight is 220 g/mol. The van der Waals surface area contributed by atoms with Gasteiger partial charge < -0.3 is 9.84 Å². The molecule has 1 aromatic carbocycles. The fourth-order valence-electron chi connectivity index (χ4n) is 0.919. The van der Waals surface area contributed by atoms with E-state index >= 15 is 0 Å². The molecule has 0 radical (unpaired) electrons. The average Bonchev–Trinajstić information content (AvgIpc) is 2.05. The molecule has 0 bridgehead atoms. The third-order valence-electron chi connectivity index (χ3n) is 1.48. The molecule has 0 aromatic heterocycles. The van der Waals surface area contributed by atoms with E-state index in [1.165, 1.54) is 0 Å². The van der Waals surface area contributed by atoms with Gasteiger partial charge in [-0.15, -0.1) is 0 Å². The molecule has 0 fully saturated rings. The second kappa shape index (κ2) is 3.80. The molecule has 0 saturated heterocycles. The van der Waals surface area contributed by atoms with Crippen LogP contribution in [0, 0.1) is 0 Å². The van der Waals surface area contributed by atoms with Gasteiger partial charge in [0.05, 0.1) is 5.56 Å². The van der Waals surface area contributed by atoms with Crippen LogP contribution in [0.15, 0.2) is 18.2 Å². The zero-order valence-electron chi connectivity index (χ0n) is 7.63. The Hall–Kier alpha value is -1.72. The van der Waals surface area contributed by atoms with Crippen molar-refractivity contribution in [1.82, 2.24) is 0 Å². The van der Waals surface area contributed by atoms with Gasteiger partial charge in [0.2, 0.25) is 0 Å². The highest BCUT2D eigenvalue weighted by Crippen LogP contribution is 2.31. The van der Waals surface area contributed by atoms with Crippen LogP contribution < -0.4 is 4.74 Å². The molecule has 0 aliphatic rings. The van der Waals surface area contributed by atoms with Crippen molar-refractivity contribution in [2.24, 2.45) is 0 Å². The lowest BCUT2D eigenvalue weighted by Crippen LogP contribution is -2.19. The van der Waals surface area contributed by atoms with E-state index in [-0.39, 0.29) is 0 Å². The van der Waals surface area contributed by atoms with Crippen LogP contribution in [0.5, 0.6) is 11.5 Å². The zero-order chi connectivity index (χ0) is 11.6. The third-order valence-corrected chi connectivity index (χ3v) is 1.48. The standard InChI is InChI=1S/C9H7F3O3/c1-9(11,12)15-7-3-2-5(8(10)14)4-6(7)13/h2-4,13H,1H3. The van der Waals surface area contributed by atoms with Gasteiger partial charge in [-0.3, -0.25) is 4.79 Å². The van der Waals surface area contributed by atoms with Crippen molar-refractivity contribution in [2.75, 3.05) is 0 Å². The first-order valence-corrected chi connectivity index (χ1v) is 3.89. The topological polar surface area (TPSA) is 46.5 Å². The van der Waals surface area contributed by atoms with Crippen LogP contribution in [0.4, 0.5) is 13.2 Å². The van der Waals surface area contributed by atoms with Crippen LogP contribution in [0.2, 0.25) is 0 Å². The molecule has 0 aliphatic heterocycles. The number of alkyl halides is 2. The summed E-state index contributed by atoms with van der Waals surface area (Å²) in [5, 5.41) is 9.13. The Bertz CT molecular complexity index is 385. The number of hydrogen-bond donors (Lipinski definition) is 1. The van der Waals surface area contributed by atoms with Crippen molar-refractivity contribution in [3.05, 3.63) is 23.8 Å². The van der Waals surface area contributed by atoms with Crippen molar-refractivity contribution < 1.29 is 27.8 Å². The summed E-state index contributed by atoms with van der Waals surface area (Å²) >= 11 is 0. The van der Waals surface area contributed by atoms with Gasteiger partial charge in [-0.05, 0) is 18.2 Å². The molecule has 15 heavy (non-hydrogen) atoms. The summed E-state index contributed by atoms with van der Waals surface area (Å²) in [7, 11) is 0. The Morgan fingerprint density at radius 2 is 2.07 bits per heavy atom. The molecule has 1 aromatic rings. The first kappa shape index (κ1) is 11.4. The highest BCUT2D eigenvalue weighted by Gasteiger charge is 2.25. The number of carbonyl (C=O) groups is 1. The lowest BCUT2D eigenvalue weighted by Gasteiger charge is -2.13. The molecular weight excluding hydrogens is 213 g/mol. The Balaban J connectivity index is 2.99. The Morgan fingerprint density at radius 3 is 2.47 bits per heavy atom. The molecular formula is C9H7F3O3. The fraction of sp³-hybridized carbons (Fsp3) is 0.222. The van der Waals surface area contributed by atoms with Crippen LogP contribution in [0.3, 0.4) is 0 Å². The van der Waals surface area contributed by atoms with Crippen LogP contribution in [0.25, 0.3) is 0 Å². The second-order valence-electron chi connectivity index (χ2n) is 2.87. The molecule has 1 N–H and O–H groups in total. The predicted molar refractivity (Wildman–Crippen MR) is 44.8 cm³/mol. The van der Waals surface area contributed by atoms with E-state index in [4.69, 9.17) is 5.11 Å². The minimum atomic E-state index is -3.46. The van der Waals surface area contributed by atoms with E-state index in [1.54, 1.807) is 0 Å². The third kappa shape index (κ3) is 3.16. The molecule has 0 heterocycles. The second-order valence-corrected chi connectivity index (χ2v) is 2.87. The monoisotopic (exact) mass is 220 g/mol. The van der Waals surface area contributed by atoms with Gasteiger partial charge in [-0.2, -0.15) is 13.2 Å². The lowest BCUT2D eigenvalue weighted by molar-refractivity contribution is -0.159. The number of benzene rings is 1. The lowest BCUT2D eigenvalue weighted by atomic mass is 10.2. The molecule has 0 spiro atoms. The highest BCUT2D eigenvalue weighted by molar-refractivity contribution is 5.89. The first-order valence-electron chi connectivity index (χ1n) is 3.89. The largest absolute Gasteiger partial charge is 0.504 e. The normalized spacial score (nSPS) is 11.2. The first-order chi connectivity index (χ1) is 6.79. The van der Waals surface area contributed by atoms with Gasteiger partial charge in [-0.1, -0.05) is 0 Å². The number of rotatable bonds is 3. The van der Waals surface area contributed by atoms with Crippen molar-refractivity contribution in [2.45, 2.75) is 13.0 Å². The predicted octanol–water partition coefficient (Wildman–Crippen LogP) is 2.49. The van der Waals surface area contributed by atoms with E-state index in [1.807, 2.05) is 0 Å². The number of ether oxygens (including phenoxy) is 1. The molecule has 6 heteroatoms. The number of hydrogen-bond acceptors (Lipinski definition) is 3. The van der Waals surface area contributed by atoms with E-state index in [0.29, 0.717) is 13.0 Å². The maximum absolute atomic E-state index is 12.4. The van der Waals surface area contributed by atoms with Crippen molar-refractivity contribution in [3.8, 4) is 11.5 Å². The van der Waals surface area contributed by atoms with Crippen molar-refractivity contribution >= 4 is 6.04 Å². The van der Waals surface area contributed by atoms with Gasteiger partial charge in [-0.25, -0.2) is 0 Å². The Kier molecular flexibility index (Phi) is 2.88. The SMILES string of the molecule is CC(F)(F)Oc1ccc(C(=O)F)cc1O.